The van der Waals surface area contributed by atoms with E-state index in [1.807, 2.05) is 37.8 Å². The molecule has 0 unspecified atom stereocenters. The zero-order chi connectivity index (χ0) is 11.4. The minimum Gasteiger partial charge on any atom is -0.370 e. The van der Waals surface area contributed by atoms with E-state index in [1.165, 1.54) is 4.90 Å². The Morgan fingerprint density at radius 2 is 2.31 bits per heavy atom. The average molecular weight is 234 g/mol. The van der Waals surface area contributed by atoms with E-state index in [9.17, 15) is 0 Å². The van der Waals surface area contributed by atoms with Crippen molar-refractivity contribution in [3.05, 3.63) is 30.7 Å². The van der Waals surface area contributed by atoms with Crippen molar-refractivity contribution >= 4 is 17.6 Å². The maximum atomic E-state index is 4.23. The second kappa shape index (κ2) is 5.03. The summed E-state index contributed by atoms with van der Waals surface area (Å²) < 4.78 is 1.80. The maximum absolute atomic E-state index is 4.23. The molecule has 0 spiro atoms. The van der Waals surface area contributed by atoms with Crippen molar-refractivity contribution in [3.8, 4) is 0 Å². The van der Waals surface area contributed by atoms with Gasteiger partial charge in [-0.3, -0.25) is 4.68 Å². The lowest BCUT2D eigenvalue weighted by Crippen LogP contribution is -1.98. The van der Waals surface area contributed by atoms with Gasteiger partial charge in [0.2, 0.25) is 0 Å². The van der Waals surface area contributed by atoms with Gasteiger partial charge < -0.3 is 5.32 Å². The molecule has 84 valence electrons. The highest BCUT2D eigenvalue weighted by Crippen LogP contribution is 2.27. The van der Waals surface area contributed by atoms with Gasteiger partial charge in [-0.05, 0) is 19.1 Å². The normalized spacial score (nSPS) is 10.4. The molecule has 0 radical (unpaired) electrons. The van der Waals surface area contributed by atoms with E-state index < -0.39 is 0 Å². The number of aryl methyl sites for hydroxylation is 1. The van der Waals surface area contributed by atoms with E-state index in [1.54, 1.807) is 16.4 Å². The lowest BCUT2D eigenvalue weighted by Gasteiger charge is -2.03. The Balaban J connectivity index is 2.12. The summed E-state index contributed by atoms with van der Waals surface area (Å²) in [5.41, 5.74) is 0. The van der Waals surface area contributed by atoms with Crippen LogP contribution >= 0.6 is 11.8 Å². The molecule has 1 N–H and O–H groups in total. The Morgan fingerprint density at radius 3 is 3.00 bits per heavy atom. The van der Waals surface area contributed by atoms with Crippen molar-refractivity contribution in [3.63, 3.8) is 0 Å². The lowest BCUT2D eigenvalue weighted by molar-refractivity contribution is 0.766. The molecule has 0 amide bonds. The first-order chi connectivity index (χ1) is 7.78. The number of rotatable bonds is 4. The first-order valence-corrected chi connectivity index (χ1v) is 5.96. The molecule has 4 nitrogen and oxygen atoms in total. The van der Waals surface area contributed by atoms with Gasteiger partial charge >= 0.3 is 0 Å². The highest BCUT2D eigenvalue weighted by atomic mass is 32.2. The van der Waals surface area contributed by atoms with E-state index in [-0.39, 0.29) is 0 Å². The molecule has 0 saturated carbocycles. The fourth-order valence-electron chi connectivity index (χ4n) is 1.34. The van der Waals surface area contributed by atoms with Crippen molar-refractivity contribution in [2.24, 2.45) is 7.05 Å². The van der Waals surface area contributed by atoms with Gasteiger partial charge in [0.15, 0.2) is 0 Å². The van der Waals surface area contributed by atoms with Crippen LogP contribution in [0.3, 0.4) is 0 Å². The highest BCUT2D eigenvalue weighted by Gasteiger charge is 2.01. The van der Waals surface area contributed by atoms with Gasteiger partial charge in [0.25, 0.3) is 0 Å². The second-order valence-electron chi connectivity index (χ2n) is 3.36. The van der Waals surface area contributed by atoms with Crippen LogP contribution in [0.1, 0.15) is 6.92 Å². The SMILES string of the molecule is CCNc1cc(Sc2cnn(C)c2)ccn1. The zero-order valence-corrected chi connectivity index (χ0v) is 10.2. The molecule has 5 heteroatoms. The van der Waals surface area contributed by atoms with Gasteiger partial charge in [0.05, 0.1) is 11.1 Å². The van der Waals surface area contributed by atoms with Gasteiger partial charge in [-0.25, -0.2) is 4.98 Å². The summed E-state index contributed by atoms with van der Waals surface area (Å²) in [4.78, 5) is 6.53. The maximum Gasteiger partial charge on any atom is 0.126 e. The van der Waals surface area contributed by atoms with E-state index >= 15 is 0 Å². The van der Waals surface area contributed by atoms with Gasteiger partial charge in [-0.15, -0.1) is 0 Å². The van der Waals surface area contributed by atoms with Crippen LogP contribution in [-0.2, 0) is 7.05 Å². The monoisotopic (exact) mass is 234 g/mol. The van der Waals surface area contributed by atoms with Crippen molar-refractivity contribution < 1.29 is 0 Å². The Bertz CT molecular complexity index is 467. The molecule has 0 aliphatic heterocycles. The fourth-order valence-corrected chi connectivity index (χ4v) is 2.22. The predicted molar refractivity (Wildman–Crippen MR) is 65.7 cm³/mol. The van der Waals surface area contributed by atoms with Gasteiger partial charge in [-0.2, -0.15) is 5.10 Å². The number of hydrogen-bond acceptors (Lipinski definition) is 4. The summed E-state index contributed by atoms with van der Waals surface area (Å²) in [5, 5.41) is 7.33. The number of anilines is 1. The molecule has 2 aromatic heterocycles. The largest absolute Gasteiger partial charge is 0.370 e. The first kappa shape index (κ1) is 11.0. The van der Waals surface area contributed by atoms with Crippen LogP contribution in [0.15, 0.2) is 40.5 Å². The Hall–Kier alpha value is -1.49. The fraction of sp³-hybridized carbons (Fsp3) is 0.273. The van der Waals surface area contributed by atoms with Crippen LogP contribution in [0, 0.1) is 0 Å². The van der Waals surface area contributed by atoms with Crippen LogP contribution < -0.4 is 5.32 Å². The van der Waals surface area contributed by atoms with Crippen LogP contribution in [0.2, 0.25) is 0 Å². The molecule has 2 heterocycles. The molecular weight excluding hydrogens is 220 g/mol. The third-order valence-electron chi connectivity index (χ3n) is 2.01. The molecular formula is C11H14N4S. The van der Waals surface area contributed by atoms with Crippen molar-refractivity contribution in [2.75, 3.05) is 11.9 Å². The van der Waals surface area contributed by atoms with E-state index in [0.717, 1.165) is 17.3 Å². The number of nitrogens with zero attached hydrogens (tertiary/aromatic N) is 3. The molecule has 2 aromatic rings. The Morgan fingerprint density at radius 1 is 1.44 bits per heavy atom. The van der Waals surface area contributed by atoms with Gasteiger partial charge in [-0.1, -0.05) is 11.8 Å². The van der Waals surface area contributed by atoms with Crippen LogP contribution in [0.5, 0.6) is 0 Å². The molecule has 0 aliphatic carbocycles. The van der Waals surface area contributed by atoms with Crippen LogP contribution in [0.25, 0.3) is 0 Å². The number of nitrogens with one attached hydrogen (secondary N) is 1. The summed E-state index contributed by atoms with van der Waals surface area (Å²) in [6.45, 7) is 2.94. The van der Waals surface area contributed by atoms with E-state index in [0.29, 0.717) is 0 Å². The van der Waals surface area contributed by atoms with Crippen molar-refractivity contribution in [1.82, 2.24) is 14.8 Å². The third-order valence-corrected chi connectivity index (χ3v) is 2.94. The smallest absolute Gasteiger partial charge is 0.126 e. The average Bonchev–Trinajstić information content (AvgIpc) is 2.65. The van der Waals surface area contributed by atoms with E-state index in [4.69, 9.17) is 0 Å². The minimum atomic E-state index is 0.883. The molecule has 0 aromatic carbocycles. The summed E-state index contributed by atoms with van der Waals surface area (Å²) in [6, 6.07) is 4.04. The quantitative estimate of drug-likeness (QED) is 0.882. The molecule has 0 aliphatic rings. The number of hydrogen-bond donors (Lipinski definition) is 1. The van der Waals surface area contributed by atoms with E-state index in [2.05, 4.69) is 22.3 Å². The van der Waals surface area contributed by atoms with Crippen molar-refractivity contribution in [2.45, 2.75) is 16.7 Å². The molecule has 0 saturated heterocycles. The standard InChI is InChI=1S/C11H14N4S/c1-3-12-11-6-9(4-5-13-11)16-10-7-14-15(2)8-10/h4-8H,3H2,1-2H3,(H,12,13). The highest BCUT2D eigenvalue weighted by molar-refractivity contribution is 7.99. The summed E-state index contributed by atoms with van der Waals surface area (Å²) in [6.07, 6.45) is 5.67. The topological polar surface area (TPSA) is 42.7 Å². The summed E-state index contributed by atoms with van der Waals surface area (Å²) in [5.74, 6) is 0.913. The molecule has 2 rings (SSSR count). The Kier molecular flexibility index (Phi) is 3.46. The van der Waals surface area contributed by atoms with Crippen LogP contribution in [-0.4, -0.2) is 21.3 Å². The third kappa shape index (κ3) is 2.76. The molecule has 16 heavy (non-hydrogen) atoms. The molecule has 0 atom stereocenters. The van der Waals surface area contributed by atoms with Gasteiger partial charge in [0, 0.05) is 30.9 Å². The van der Waals surface area contributed by atoms with Crippen LogP contribution in [0.4, 0.5) is 5.82 Å². The molecule has 0 bridgehead atoms. The zero-order valence-electron chi connectivity index (χ0n) is 9.34. The number of pyridine rings is 1. The summed E-state index contributed by atoms with van der Waals surface area (Å²) in [7, 11) is 1.92. The second-order valence-corrected chi connectivity index (χ2v) is 4.51. The van der Waals surface area contributed by atoms with Crippen molar-refractivity contribution in [1.29, 1.82) is 0 Å². The van der Waals surface area contributed by atoms with Gasteiger partial charge in [0.1, 0.15) is 5.82 Å². The summed E-state index contributed by atoms with van der Waals surface area (Å²) >= 11 is 1.69. The first-order valence-electron chi connectivity index (χ1n) is 5.14. The number of aromatic nitrogens is 3. The predicted octanol–water partition coefficient (Wildman–Crippen LogP) is 2.40. The Labute approximate surface area is 99.1 Å². The molecule has 0 fully saturated rings. The minimum absolute atomic E-state index is 0.883. The lowest BCUT2D eigenvalue weighted by atomic mass is 10.4.